The summed E-state index contributed by atoms with van der Waals surface area (Å²) in [5.74, 6) is 0.604. The lowest BCUT2D eigenvalue weighted by molar-refractivity contribution is 0.122. The van der Waals surface area contributed by atoms with Gasteiger partial charge >= 0.3 is 0 Å². The summed E-state index contributed by atoms with van der Waals surface area (Å²) in [4.78, 5) is 12.9. The molecule has 1 aliphatic carbocycles. The van der Waals surface area contributed by atoms with E-state index in [-0.39, 0.29) is 5.92 Å². The summed E-state index contributed by atoms with van der Waals surface area (Å²) in [6.45, 7) is 4.52. The van der Waals surface area contributed by atoms with E-state index in [4.69, 9.17) is 0 Å². The smallest absolute Gasteiger partial charge is 0.222 e. The van der Waals surface area contributed by atoms with E-state index >= 15 is 0 Å². The Labute approximate surface area is 135 Å². The van der Waals surface area contributed by atoms with Gasteiger partial charge in [-0.1, -0.05) is 6.58 Å². The molecule has 0 saturated heterocycles. The Kier molecular flexibility index (Phi) is 4.50. The van der Waals surface area contributed by atoms with Crippen molar-refractivity contribution in [3.63, 3.8) is 0 Å². The SMILES string of the molecule is C=C(NC)c1ccnc(-c2cnc(NCC3CC[C@@H]3F)nc2)c1. The molecule has 0 spiro atoms. The van der Waals surface area contributed by atoms with E-state index in [9.17, 15) is 4.39 Å². The van der Waals surface area contributed by atoms with Gasteiger partial charge < -0.3 is 10.6 Å². The summed E-state index contributed by atoms with van der Waals surface area (Å²) in [6.07, 6.45) is 6.09. The Morgan fingerprint density at radius 1 is 1.30 bits per heavy atom. The highest BCUT2D eigenvalue weighted by Gasteiger charge is 2.30. The van der Waals surface area contributed by atoms with Crippen molar-refractivity contribution in [1.29, 1.82) is 0 Å². The molecule has 0 bridgehead atoms. The topological polar surface area (TPSA) is 62.7 Å². The first-order valence-electron chi connectivity index (χ1n) is 7.71. The lowest BCUT2D eigenvalue weighted by Crippen LogP contribution is -2.33. The number of nitrogens with zero attached hydrogens (tertiary/aromatic N) is 3. The minimum Gasteiger partial charge on any atom is -0.388 e. The van der Waals surface area contributed by atoms with Gasteiger partial charge in [0.2, 0.25) is 5.95 Å². The van der Waals surface area contributed by atoms with Crippen LogP contribution in [0.25, 0.3) is 17.0 Å². The Hall–Kier alpha value is -2.50. The third-order valence-corrected chi connectivity index (χ3v) is 4.20. The van der Waals surface area contributed by atoms with E-state index in [1.807, 2.05) is 19.2 Å². The monoisotopic (exact) mass is 313 g/mol. The Bertz CT molecular complexity index is 686. The molecule has 2 N–H and O–H groups in total. The molecule has 2 atom stereocenters. The number of halogens is 1. The molecule has 1 aliphatic rings. The largest absolute Gasteiger partial charge is 0.388 e. The van der Waals surface area contributed by atoms with Crippen molar-refractivity contribution in [2.45, 2.75) is 19.0 Å². The van der Waals surface area contributed by atoms with E-state index in [2.05, 4.69) is 32.2 Å². The first kappa shape index (κ1) is 15.4. The van der Waals surface area contributed by atoms with E-state index < -0.39 is 6.17 Å². The predicted molar refractivity (Wildman–Crippen MR) is 89.5 cm³/mol. The van der Waals surface area contributed by atoms with Crippen molar-refractivity contribution in [1.82, 2.24) is 20.3 Å². The van der Waals surface area contributed by atoms with Crippen LogP contribution in [0.5, 0.6) is 0 Å². The van der Waals surface area contributed by atoms with Gasteiger partial charge in [0.15, 0.2) is 0 Å². The molecule has 3 rings (SSSR count). The van der Waals surface area contributed by atoms with Crippen molar-refractivity contribution in [3.05, 3.63) is 42.9 Å². The van der Waals surface area contributed by atoms with E-state index in [1.165, 1.54) is 0 Å². The van der Waals surface area contributed by atoms with Crippen LogP contribution in [0.15, 0.2) is 37.3 Å². The minimum atomic E-state index is -0.686. The molecule has 120 valence electrons. The maximum Gasteiger partial charge on any atom is 0.222 e. The van der Waals surface area contributed by atoms with Crippen molar-refractivity contribution in [2.24, 2.45) is 5.92 Å². The zero-order valence-electron chi connectivity index (χ0n) is 13.1. The van der Waals surface area contributed by atoms with Crippen LogP contribution in [0, 0.1) is 5.92 Å². The van der Waals surface area contributed by atoms with Crippen LogP contribution < -0.4 is 10.6 Å². The summed E-state index contributed by atoms with van der Waals surface area (Å²) in [7, 11) is 1.83. The third kappa shape index (κ3) is 3.47. The summed E-state index contributed by atoms with van der Waals surface area (Å²) in [6, 6.07) is 3.83. The number of anilines is 1. The Morgan fingerprint density at radius 3 is 2.70 bits per heavy atom. The molecule has 23 heavy (non-hydrogen) atoms. The molecule has 2 heterocycles. The van der Waals surface area contributed by atoms with Gasteiger partial charge in [0.25, 0.3) is 0 Å². The number of hydrogen-bond donors (Lipinski definition) is 2. The normalized spacial score (nSPS) is 19.7. The van der Waals surface area contributed by atoms with Gasteiger partial charge in [-0.05, 0) is 25.0 Å². The number of aromatic nitrogens is 3. The van der Waals surface area contributed by atoms with Crippen LogP contribution in [-0.4, -0.2) is 34.7 Å². The Morgan fingerprint density at radius 2 is 2.09 bits per heavy atom. The molecule has 5 nitrogen and oxygen atoms in total. The van der Waals surface area contributed by atoms with Crippen molar-refractivity contribution in [3.8, 4) is 11.3 Å². The van der Waals surface area contributed by atoms with Gasteiger partial charge in [0.05, 0.1) is 5.69 Å². The van der Waals surface area contributed by atoms with Crippen molar-refractivity contribution < 1.29 is 4.39 Å². The van der Waals surface area contributed by atoms with Gasteiger partial charge in [-0.3, -0.25) is 4.98 Å². The van der Waals surface area contributed by atoms with Crippen LogP contribution in [0.2, 0.25) is 0 Å². The first-order chi connectivity index (χ1) is 11.2. The first-order valence-corrected chi connectivity index (χ1v) is 7.71. The second kappa shape index (κ2) is 6.73. The maximum atomic E-state index is 13.2. The Balaban J connectivity index is 1.68. The average Bonchev–Trinajstić information content (AvgIpc) is 2.60. The van der Waals surface area contributed by atoms with E-state index in [1.54, 1.807) is 18.6 Å². The average molecular weight is 313 g/mol. The number of rotatable bonds is 6. The summed E-state index contributed by atoms with van der Waals surface area (Å²) < 4.78 is 13.2. The maximum absolute atomic E-state index is 13.2. The minimum absolute atomic E-state index is 0.0872. The van der Waals surface area contributed by atoms with Gasteiger partial charge in [0.1, 0.15) is 6.17 Å². The molecule has 1 unspecified atom stereocenters. The molecule has 0 radical (unpaired) electrons. The molecule has 2 aromatic rings. The highest BCUT2D eigenvalue weighted by molar-refractivity contribution is 5.67. The lowest BCUT2D eigenvalue weighted by atomic mass is 9.83. The second-order valence-corrected chi connectivity index (χ2v) is 5.69. The fourth-order valence-corrected chi connectivity index (χ4v) is 2.45. The van der Waals surface area contributed by atoms with Gasteiger partial charge in [-0.15, -0.1) is 0 Å². The summed E-state index contributed by atoms with van der Waals surface area (Å²) in [5.41, 5.74) is 3.41. The van der Waals surface area contributed by atoms with Gasteiger partial charge in [-0.25, -0.2) is 14.4 Å². The van der Waals surface area contributed by atoms with Crippen LogP contribution in [0.4, 0.5) is 10.3 Å². The molecule has 2 aromatic heterocycles. The van der Waals surface area contributed by atoms with Crippen molar-refractivity contribution >= 4 is 11.6 Å². The van der Waals surface area contributed by atoms with Gasteiger partial charge in [-0.2, -0.15) is 0 Å². The molecule has 6 heteroatoms. The molecule has 0 amide bonds. The number of alkyl halides is 1. The van der Waals surface area contributed by atoms with Crippen LogP contribution in [0.3, 0.4) is 0 Å². The quantitative estimate of drug-likeness (QED) is 0.858. The molecular weight excluding hydrogens is 293 g/mol. The zero-order valence-corrected chi connectivity index (χ0v) is 13.1. The van der Waals surface area contributed by atoms with E-state index in [0.717, 1.165) is 28.9 Å². The number of pyridine rings is 1. The molecule has 0 aromatic carbocycles. The fraction of sp³-hybridized carbons (Fsp3) is 0.353. The number of nitrogens with one attached hydrogen (secondary N) is 2. The second-order valence-electron chi connectivity index (χ2n) is 5.69. The van der Waals surface area contributed by atoms with Gasteiger partial charge in [0, 0.05) is 54.9 Å². The van der Waals surface area contributed by atoms with Crippen LogP contribution in [-0.2, 0) is 0 Å². The predicted octanol–water partition coefficient (Wildman–Crippen LogP) is 2.89. The lowest BCUT2D eigenvalue weighted by Gasteiger charge is -2.30. The fourth-order valence-electron chi connectivity index (χ4n) is 2.45. The van der Waals surface area contributed by atoms with Crippen molar-refractivity contribution in [2.75, 3.05) is 18.9 Å². The van der Waals surface area contributed by atoms with Crippen LogP contribution >= 0.6 is 0 Å². The molecule has 1 fully saturated rings. The molecule has 1 saturated carbocycles. The standard InChI is InChI=1S/C17H20FN5/c1-11(19-2)12-5-6-20-16(7-12)14-9-22-17(23-10-14)21-8-13-3-4-15(13)18/h5-7,9-10,13,15,19H,1,3-4,8H2,2H3,(H,21,22,23)/t13?,15-/m0/s1. The third-order valence-electron chi connectivity index (χ3n) is 4.20. The molecule has 0 aliphatic heterocycles. The molecular formula is C17H20FN5. The highest BCUT2D eigenvalue weighted by Crippen LogP contribution is 2.30. The number of hydrogen-bond acceptors (Lipinski definition) is 5. The highest BCUT2D eigenvalue weighted by atomic mass is 19.1. The summed E-state index contributed by atoms with van der Waals surface area (Å²) >= 11 is 0. The van der Waals surface area contributed by atoms with E-state index in [0.29, 0.717) is 18.9 Å². The van der Waals surface area contributed by atoms with Crippen LogP contribution in [0.1, 0.15) is 18.4 Å². The zero-order chi connectivity index (χ0) is 16.2. The summed E-state index contributed by atoms with van der Waals surface area (Å²) in [5, 5.41) is 6.10.